The van der Waals surface area contributed by atoms with E-state index in [2.05, 4.69) is 16.0 Å². The lowest BCUT2D eigenvalue weighted by atomic mass is 10.2. The van der Waals surface area contributed by atoms with Crippen LogP contribution in [0.3, 0.4) is 0 Å². The summed E-state index contributed by atoms with van der Waals surface area (Å²) in [5, 5.41) is 8.38. The Kier molecular flexibility index (Phi) is 10.8. The minimum absolute atomic E-state index is 0.00885. The van der Waals surface area contributed by atoms with Gasteiger partial charge in [-0.25, -0.2) is 4.79 Å². The van der Waals surface area contributed by atoms with Crippen molar-refractivity contribution in [3.8, 4) is 0 Å². The van der Waals surface area contributed by atoms with E-state index in [1.165, 1.54) is 0 Å². The SMILES string of the molecule is CCC(CC)NC(=O)NCCOCCNC(=O)C(C)C. The highest BCUT2D eigenvalue weighted by molar-refractivity contribution is 5.77. The minimum atomic E-state index is -0.157. The molecule has 0 atom stereocenters. The molecule has 6 heteroatoms. The van der Waals surface area contributed by atoms with E-state index < -0.39 is 0 Å². The molecule has 0 spiro atoms. The second kappa shape index (κ2) is 11.5. The van der Waals surface area contributed by atoms with Gasteiger partial charge in [-0.05, 0) is 12.8 Å². The molecule has 0 aliphatic heterocycles. The molecule has 0 aromatic rings. The maximum Gasteiger partial charge on any atom is 0.315 e. The van der Waals surface area contributed by atoms with Crippen molar-refractivity contribution in [3.63, 3.8) is 0 Å². The van der Waals surface area contributed by atoms with Crippen molar-refractivity contribution in [1.82, 2.24) is 16.0 Å². The molecule has 0 radical (unpaired) electrons. The Morgan fingerprint density at radius 1 is 1.00 bits per heavy atom. The summed E-state index contributed by atoms with van der Waals surface area (Å²) in [6.45, 7) is 9.63. The van der Waals surface area contributed by atoms with E-state index in [9.17, 15) is 9.59 Å². The van der Waals surface area contributed by atoms with Gasteiger partial charge in [-0.3, -0.25) is 4.79 Å². The summed E-state index contributed by atoms with van der Waals surface area (Å²) in [6.07, 6.45) is 1.85. The van der Waals surface area contributed by atoms with Crippen molar-refractivity contribution >= 4 is 11.9 Å². The molecule has 0 aromatic heterocycles. The zero-order valence-electron chi connectivity index (χ0n) is 13.1. The van der Waals surface area contributed by atoms with Gasteiger partial charge in [0.25, 0.3) is 0 Å². The summed E-state index contributed by atoms with van der Waals surface area (Å²) >= 11 is 0. The molecule has 0 fully saturated rings. The second-order valence-corrected chi connectivity index (χ2v) is 4.97. The summed E-state index contributed by atoms with van der Waals surface area (Å²) < 4.78 is 5.31. The van der Waals surface area contributed by atoms with Crippen LogP contribution < -0.4 is 16.0 Å². The summed E-state index contributed by atoms with van der Waals surface area (Å²) in [7, 11) is 0. The predicted octanol–water partition coefficient (Wildman–Crippen LogP) is 1.26. The first-order valence-electron chi connectivity index (χ1n) is 7.41. The number of carbonyl (C=O) groups excluding carboxylic acids is 2. The Balaban J connectivity index is 3.44. The molecular weight excluding hydrogens is 258 g/mol. The summed E-state index contributed by atoms with van der Waals surface area (Å²) in [6, 6.07) is 0.0672. The van der Waals surface area contributed by atoms with Gasteiger partial charge in [0.05, 0.1) is 13.2 Å². The van der Waals surface area contributed by atoms with Gasteiger partial charge in [0.15, 0.2) is 0 Å². The van der Waals surface area contributed by atoms with Crippen molar-refractivity contribution in [3.05, 3.63) is 0 Å². The molecule has 0 saturated carbocycles. The number of urea groups is 1. The van der Waals surface area contributed by atoms with E-state index in [4.69, 9.17) is 4.74 Å². The highest BCUT2D eigenvalue weighted by Crippen LogP contribution is 1.94. The monoisotopic (exact) mass is 287 g/mol. The Morgan fingerprint density at radius 3 is 2.05 bits per heavy atom. The number of hydrogen-bond donors (Lipinski definition) is 3. The first-order chi connectivity index (χ1) is 9.51. The molecule has 3 amide bonds. The van der Waals surface area contributed by atoms with E-state index in [-0.39, 0.29) is 23.9 Å². The quantitative estimate of drug-likeness (QED) is 0.529. The van der Waals surface area contributed by atoms with Crippen LogP contribution >= 0.6 is 0 Å². The van der Waals surface area contributed by atoms with Crippen molar-refractivity contribution in [2.45, 2.75) is 46.6 Å². The third kappa shape index (κ3) is 9.61. The topological polar surface area (TPSA) is 79.5 Å². The van der Waals surface area contributed by atoms with E-state index in [0.717, 1.165) is 12.8 Å². The predicted molar refractivity (Wildman–Crippen MR) is 79.6 cm³/mol. The van der Waals surface area contributed by atoms with Crippen molar-refractivity contribution in [2.24, 2.45) is 5.92 Å². The zero-order chi connectivity index (χ0) is 15.4. The van der Waals surface area contributed by atoms with Gasteiger partial charge < -0.3 is 20.7 Å². The lowest BCUT2D eigenvalue weighted by molar-refractivity contribution is -0.124. The van der Waals surface area contributed by atoms with E-state index >= 15 is 0 Å². The molecule has 0 unspecified atom stereocenters. The molecule has 6 nitrogen and oxygen atoms in total. The van der Waals surface area contributed by atoms with E-state index in [1.54, 1.807) is 0 Å². The lowest BCUT2D eigenvalue weighted by Crippen LogP contribution is -2.42. The largest absolute Gasteiger partial charge is 0.378 e. The van der Waals surface area contributed by atoms with Crippen LogP contribution in [0.2, 0.25) is 0 Å². The van der Waals surface area contributed by atoms with Crippen LogP contribution in [-0.2, 0) is 9.53 Å². The Hall–Kier alpha value is -1.30. The van der Waals surface area contributed by atoms with Gasteiger partial charge in [-0.1, -0.05) is 27.7 Å². The smallest absolute Gasteiger partial charge is 0.315 e. The maximum absolute atomic E-state index is 11.5. The Labute approximate surface area is 122 Å². The summed E-state index contributed by atoms with van der Waals surface area (Å²) in [4.78, 5) is 22.7. The van der Waals surface area contributed by atoms with Crippen LogP contribution in [0.5, 0.6) is 0 Å². The van der Waals surface area contributed by atoms with Crippen molar-refractivity contribution in [1.29, 1.82) is 0 Å². The molecule has 3 N–H and O–H groups in total. The fourth-order valence-corrected chi connectivity index (χ4v) is 1.52. The van der Waals surface area contributed by atoms with Crippen LogP contribution in [0.1, 0.15) is 40.5 Å². The van der Waals surface area contributed by atoms with Crippen LogP contribution in [-0.4, -0.2) is 44.3 Å². The molecule has 0 heterocycles. The third-order valence-electron chi connectivity index (χ3n) is 2.92. The van der Waals surface area contributed by atoms with Gasteiger partial charge in [-0.2, -0.15) is 0 Å². The van der Waals surface area contributed by atoms with E-state index in [0.29, 0.717) is 26.3 Å². The summed E-state index contributed by atoms with van der Waals surface area (Å²) in [5.41, 5.74) is 0. The molecule has 118 valence electrons. The van der Waals surface area contributed by atoms with Crippen LogP contribution in [0, 0.1) is 5.92 Å². The Morgan fingerprint density at radius 2 is 1.55 bits per heavy atom. The summed E-state index contributed by atoms with van der Waals surface area (Å²) in [5.74, 6) is 0.0155. The van der Waals surface area contributed by atoms with Gasteiger partial charge in [0, 0.05) is 25.0 Å². The average molecular weight is 287 g/mol. The fourth-order valence-electron chi connectivity index (χ4n) is 1.52. The number of amides is 3. The van der Waals surface area contributed by atoms with Gasteiger partial charge in [-0.15, -0.1) is 0 Å². The van der Waals surface area contributed by atoms with Crippen molar-refractivity contribution in [2.75, 3.05) is 26.3 Å². The number of carbonyl (C=O) groups is 2. The number of hydrogen-bond acceptors (Lipinski definition) is 3. The molecular formula is C14H29N3O3. The van der Waals surface area contributed by atoms with E-state index in [1.807, 2.05) is 27.7 Å². The first kappa shape index (κ1) is 18.7. The molecule has 0 rings (SSSR count). The van der Waals surface area contributed by atoms with Crippen LogP contribution in [0.15, 0.2) is 0 Å². The maximum atomic E-state index is 11.5. The molecule has 0 aromatic carbocycles. The number of nitrogens with one attached hydrogen (secondary N) is 3. The van der Waals surface area contributed by atoms with Crippen LogP contribution in [0.25, 0.3) is 0 Å². The highest BCUT2D eigenvalue weighted by atomic mass is 16.5. The highest BCUT2D eigenvalue weighted by Gasteiger charge is 2.07. The first-order valence-corrected chi connectivity index (χ1v) is 7.41. The van der Waals surface area contributed by atoms with Gasteiger partial charge >= 0.3 is 6.03 Å². The molecule has 0 bridgehead atoms. The third-order valence-corrected chi connectivity index (χ3v) is 2.92. The lowest BCUT2D eigenvalue weighted by Gasteiger charge is -2.15. The molecule has 0 aliphatic carbocycles. The zero-order valence-corrected chi connectivity index (χ0v) is 13.1. The fraction of sp³-hybridized carbons (Fsp3) is 0.857. The minimum Gasteiger partial charge on any atom is -0.378 e. The standard InChI is InChI=1S/C14H29N3O3/c1-5-12(6-2)17-14(19)16-8-10-20-9-7-15-13(18)11(3)4/h11-12H,5-10H2,1-4H3,(H,15,18)(H2,16,17,19). The Bertz CT molecular complexity index is 279. The normalized spacial score (nSPS) is 10.7. The number of ether oxygens (including phenoxy) is 1. The van der Waals surface area contributed by atoms with Crippen molar-refractivity contribution < 1.29 is 14.3 Å². The molecule has 0 aliphatic rings. The van der Waals surface area contributed by atoms with Gasteiger partial charge in [0.2, 0.25) is 5.91 Å². The molecule has 0 saturated heterocycles. The van der Waals surface area contributed by atoms with Crippen LogP contribution in [0.4, 0.5) is 4.79 Å². The second-order valence-electron chi connectivity index (χ2n) is 4.97. The van der Waals surface area contributed by atoms with Gasteiger partial charge in [0.1, 0.15) is 0 Å². The molecule has 20 heavy (non-hydrogen) atoms. The average Bonchev–Trinajstić information content (AvgIpc) is 2.43. The number of rotatable bonds is 10.